The molecule has 1 spiro atoms. The number of aldehydes is 1. The Bertz CT molecular complexity index is 345. The van der Waals surface area contributed by atoms with Gasteiger partial charge in [0.15, 0.2) is 5.79 Å². The molecule has 1 heterocycles. The quantitative estimate of drug-likeness (QED) is 0.699. The van der Waals surface area contributed by atoms with Gasteiger partial charge in [-0.15, -0.1) is 0 Å². The van der Waals surface area contributed by atoms with Crippen LogP contribution in [0.4, 0.5) is 0 Å². The van der Waals surface area contributed by atoms with Gasteiger partial charge in [0.25, 0.3) is 0 Å². The van der Waals surface area contributed by atoms with Crippen LogP contribution in [0.3, 0.4) is 0 Å². The van der Waals surface area contributed by atoms with Crippen molar-refractivity contribution >= 4 is 12.1 Å². The number of hydrogen-bond donors (Lipinski definition) is 0. The molecule has 0 radical (unpaired) electrons. The molecule has 0 unspecified atom stereocenters. The summed E-state index contributed by atoms with van der Waals surface area (Å²) in [5.41, 5.74) is -0.244. The number of hydrogen-bond acceptors (Lipinski definition) is 4. The highest BCUT2D eigenvalue weighted by molar-refractivity contribution is 5.88. The Hall–Kier alpha value is -0.740. The molecular formula is C13H18O4. The van der Waals surface area contributed by atoms with E-state index in [0.717, 1.165) is 25.5 Å². The molecule has 2 atom stereocenters. The highest BCUT2D eigenvalue weighted by Gasteiger charge is 2.60. The summed E-state index contributed by atoms with van der Waals surface area (Å²) < 4.78 is 11.5. The smallest absolute Gasteiger partial charge is 0.171 e. The van der Waals surface area contributed by atoms with E-state index in [-0.39, 0.29) is 11.3 Å². The maximum absolute atomic E-state index is 12.2. The topological polar surface area (TPSA) is 52.6 Å². The van der Waals surface area contributed by atoms with Gasteiger partial charge in [-0.3, -0.25) is 4.79 Å². The third-order valence-electron chi connectivity index (χ3n) is 4.75. The third kappa shape index (κ3) is 1.58. The third-order valence-corrected chi connectivity index (χ3v) is 4.75. The molecule has 3 rings (SSSR count). The highest BCUT2D eigenvalue weighted by atomic mass is 16.7. The van der Waals surface area contributed by atoms with Crippen molar-refractivity contribution in [2.75, 3.05) is 13.2 Å². The largest absolute Gasteiger partial charge is 0.347 e. The molecule has 0 aromatic heterocycles. The molecule has 2 saturated carbocycles. The molecule has 1 aliphatic heterocycles. The van der Waals surface area contributed by atoms with Crippen LogP contribution >= 0.6 is 0 Å². The number of carbonyl (C=O) groups excluding carboxylic acids is 2. The van der Waals surface area contributed by atoms with Crippen LogP contribution in [-0.4, -0.2) is 31.1 Å². The minimum Gasteiger partial charge on any atom is -0.347 e. The van der Waals surface area contributed by atoms with Crippen molar-refractivity contribution in [2.45, 2.75) is 44.3 Å². The maximum Gasteiger partial charge on any atom is 0.171 e. The summed E-state index contributed by atoms with van der Waals surface area (Å²) in [6.07, 6.45) is 5.16. The zero-order valence-corrected chi connectivity index (χ0v) is 9.94. The summed E-state index contributed by atoms with van der Waals surface area (Å²) in [6, 6.07) is 0. The van der Waals surface area contributed by atoms with Gasteiger partial charge in [0.1, 0.15) is 12.1 Å². The lowest BCUT2D eigenvalue weighted by molar-refractivity contribution is -0.214. The Kier molecular flexibility index (Phi) is 2.60. The number of fused-ring (bicyclic) bond motifs is 3. The zero-order chi connectivity index (χ0) is 11.9. The first-order valence-electron chi connectivity index (χ1n) is 6.46. The van der Waals surface area contributed by atoms with Crippen LogP contribution in [0.1, 0.15) is 38.5 Å². The van der Waals surface area contributed by atoms with E-state index < -0.39 is 5.79 Å². The summed E-state index contributed by atoms with van der Waals surface area (Å²) in [5, 5.41) is 0. The second kappa shape index (κ2) is 3.89. The first-order valence-corrected chi connectivity index (χ1v) is 6.46. The first-order chi connectivity index (χ1) is 8.21. The summed E-state index contributed by atoms with van der Waals surface area (Å²) in [6.45, 7) is 1.29. The molecular weight excluding hydrogens is 220 g/mol. The van der Waals surface area contributed by atoms with Crippen LogP contribution in [0.2, 0.25) is 0 Å². The number of rotatable bonds is 3. The van der Waals surface area contributed by atoms with E-state index in [2.05, 4.69) is 0 Å². The molecule has 4 nitrogen and oxygen atoms in total. The Morgan fingerprint density at radius 2 is 2.06 bits per heavy atom. The lowest BCUT2D eigenvalue weighted by Gasteiger charge is -2.41. The van der Waals surface area contributed by atoms with Crippen molar-refractivity contribution in [3.8, 4) is 0 Å². The van der Waals surface area contributed by atoms with Crippen molar-refractivity contribution in [3.63, 3.8) is 0 Å². The molecule has 0 aromatic carbocycles. The van der Waals surface area contributed by atoms with Crippen molar-refractivity contribution in [1.29, 1.82) is 0 Å². The second-order valence-electron chi connectivity index (χ2n) is 5.52. The highest BCUT2D eigenvalue weighted by Crippen LogP contribution is 2.57. The molecule has 94 valence electrons. The van der Waals surface area contributed by atoms with Crippen molar-refractivity contribution in [2.24, 2.45) is 11.3 Å². The van der Waals surface area contributed by atoms with E-state index in [1.54, 1.807) is 0 Å². The fourth-order valence-electron chi connectivity index (χ4n) is 3.82. The van der Waals surface area contributed by atoms with E-state index in [1.165, 1.54) is 0 Å². The van der Waals surface area contributed by atoms with Gasteiger partial charge in [0.05, 0.1) is 13.2 Å². The molecule has 1 saturated heterocycles. The molecule has 0 amide bonds. The van der Waals surface area contributed by atoms with Gasteiger partial charge >= 0.3 is 0 Å². The molecule has 2 aliphatic carbocycles. The Morgan fingerprint density at radius 3 is 2.76 bits per heavy atom. The summed E-state index contributed by atoms with van der Waals surface area (Å²) in [7, 11) is 0. The number of ether oxygens (including phenoxy) is 2. The molecule has 0 N–H and O–H groups in total. The predicted molar refractivity (Wildman–Crippen MR) is 59.3 cm³/mol. The van der Waals surface area contributed by atoms with Crippen molar-refractivity contribution < 1.29 is 19.1 Å². The summed E-state index contributed by atoms with van der Waals surface area (Å²) in [5.74, 6) is 0.0508. The lowest BCUT2D eigenvalue weighted by Crippen LogP contribution is -2.43. The Balaban J connectivity index is 1.80. The Morgan fingerprint density at radius 1 is 1.29 bits per heavy atom. The van der Waals surface area contributed by atoms with Gasteiger partial charge < -0.3 is 14.3 Å². The van der Waals surface area contributed by atoms with E-state index in [9.17, 15) is 9.59 Å². The monoisotopic (exact) mass is 238 g/mol. The van der Waals surface area contributed by atoms with Crippen LogP contribution in [-0.2, 0) is 19.1 Å². The molecule has 3 fully saturated rings. The predicted octanol–water partition coefficient (Wildman–Crippen LogP) is 1.47. The fourth-order valence-corrected chi connectivity index (χ4v) is 3.82. The minimum absolute atomic E-state index is 0.206. The Labute approximate surface area is 101 Å². The molecule has 17 heavy (non-hydrogen) atoms. The minimum atomic E-state index is -0.475. The van der Waals surface area contributed by atoms with E-state index in [4.69, 9.17) is 9.47 Å². The van der Waals surface area contributed by atoms with Crippen LogP contribution in [0.15, 0.2) is 0 Å². The van der Waals surface area contributed by atoms with Crippen molar-refractivity contribution in [1.82, 2.24) is 0 Å². The summed E-state index contributed by atoms with van der Waals surface area (Å²) in [4.78, 5) is 22.7. The van der Waals surface area contributed by atoms with Crippen LogP contribution < -0.4 is 0 Å². The van der Waals surface area contributed by atoms with Gasteiger partial charge in [0.2, 0.25) is 0 Å². The van der Waals surface area contributed by atoms with Gasteiger partial charge in [-0.2, -0.15) is 0 Å². The standard InChI is InChI=1S/C13H18O4/c14-5-1-2-12-3-4-13(16-6-7-17-13)10(9-12)8-11(12)15/h5,10H,1-4,6-9H2/t10-,12-/m0/s1. The first kappa shape index (κ1) is 11.4. The SMILES string of the molecule is O=CCC[C@@]12CCC3(OCCO3)[C@@H](CC1=O)C2. The molecule has 2 bridgehead atoms. The number of Topliss-reactive ketones (excluding diaryl/α,β-unsaturated/α-hetero) is 1. The van der Waals surface area contributed by atoms with E-state index in [1.807, 2.05) is 0 Å². The van der Waals surface area contributed by atoms with E-state index in [0.29, 0.717) is 38.3 Å². The lowest BCUT2D eigenvalue weighted by atomic mass is 9.70. The zero-order valence-electron chi connectivity index (χ0n) is 9.94. The van der Waals surface area contributed by atoms with Gasteiger partial charge in [-0.25, -0.2) is 0 Å². The van der Waals surface area contributed by atoms with Crippen molar-refractivity contribution in [3.05, 3.63) is 0 Å². The molecule has 0 aromatic rings. The van der Waals surface area contributed by atoms with Crippen LogP contribution in [0.25, 0.3) is 0 Å². The number of carbonyl (C=O) groups is 2. The fraction of sp³-hybridized carbons (Fsp3) is 0.846. The van der Waals surface area contributed by atoms with Crippen LogP contribution in [0.5, 0.6) is 0 Å². The summed E-state index contributed by atoms with van der Waals surface area (Å²) >= 11 is 0. The van der Waals surface area contributed by atoms with Gasteiger partial charge in [0, 0.05) is 30.6 Å². The van der Waals surface area contributed by atoms with Gasteiger partial charge in [-0.05, 0) is 19.3 Å². The van der Waals surface area contributed by atoms with E-state index >= 15 is 0 Å². The normalized spacial score (nSPS) is 38.8. The van der Waals surface area contributed by atoms with Gasteiger partial charge in [-0.1, -0.05) is 0 Å². The maximum atomic E-state index is 12.2. The molecule has 4 heteroatoms. The average molecular weight is 238 g/mol. The second-order valence-corrected chi connectivity index (χ2v) is 5.52. The average Bonchev–Trinajstić information content (AvgIpc) is 2.89. The molecule has 3 aliphatic rings. The number of ketones is 1. The van der Waals surface area contributed by atoms with Crippen LogP contribution in [0, 0.1) is 11.3 Å².